The van der Waals surface area contributed by atoms with Gasteiger partial charge in [-0.25, -0.2) is 13.2 Å². The van der Waals surface area contributed by atoms with Gasteiger partial charge in [-0.15, -0.1) is 0 Å². The van der Waals surface area contributed by atoms with Gasteiger partial charge in [-0.2, -0.15) is 0 Å². The van der Waals surface area contributed by atoms with Crippen LogP contribution < -0.4 is 14.9 Å². The first-order valence-electron chi connectivity index (χ1n) is 9.63. The van der Waals surface area contributed by atoms with E-state index in [9.17, 15) is 13.2 Å². The third-order valence-corrected chi connectivity index (χ3v) is 5.44. The first-order valence-corrected chi connectivity index (χ1v) is 11.1. The number of carbonyl (C=O) groups is 1. The standard InChI is InChI=1S/C21H29N3O5S/c1-5-24(14-15-25)18-10-6-17(7-11-18)23-30(27,28)19-12-8-16(9-13-19)22-20(26)29-21(2,3)4/h6-13,23,25H,5,14-15H2,1-4H3,(H,22,26). The number of hydrogen-bond donors (Lipinski definition) is 3. The molecule has 0 radical (unpaired) electrons. The van der Waals surface area contributed by atoms with Crippen LogP contribution in [0.15, 0.2) is 53.4 Å². The molecule has 164 valence electrons. The molecule has 0 fully saturated rings. The van der Waals surface area contributed by atoms with Crippen molar-refractivity contribution in [1.82, 2.24) is 0 Å². The van der Waals surface area contributed by atoms with Gasteiger partial charge in [0.25, 0.3) is 10.0 Å². The summed E-state index contributed by atoms with van der Waals surface area (Å²) in [5, 5.41) is 11.7. The van der Waals surface area contributed by atoms with Crippen molar-refractivity contribution < 1.29 is 23.1 Å². The number of aliphatic hydroxyl groups is 1. The van der Waals surface area contributed by atoms with Crippen molar-refractivity contribution >= 4 is 33.2 Å². The number of hydrogen-bond acceptors (Lipinski definition) is 6. The van der Waals surface area contributed by atoms with Gasteiger partial charge in [-0.3, -0.25) is 10.0 Å². The fourth-order valence-electron chi connectivity index (χ4n) is 2.68. The lowest BCUT2D eigenvalue weighted by Crippen LogP contribution is -2.27. The normalized spacial score (nSPS) is 11.6. The molecule has 3 N–H and O–H groups in total. The lowest BCUT2D eigenvalue weighted by Gasteiger charge is -2.22. The molecule has 0 aliphatic heterocycles. The number of benzene rings is 2. The molecule has 1 amide bonds. The maximum atomic E-state index is 12.6. The van der Waals surface area contributed by atoms with Crippen LogP contribution in [-0.4, -0.2) is 44.9 Å². The molecule has 0 spiro atoms. The Morgan fingerprint density at radius 1 is 1.03 bits per heavy atom. The highest BCUT2D eigenvalue weighted by Gasteiger charge is 2.17. The first kappa shape index (κ1) is 23.5. The molecule has 0 bridgehead atoms. The minimum Gasteiger partial charge on any atom is -0.444 e. The molecule has 0 saturated carbocycles. The van der Waals surface area contributed by atoms with Crippen LogP contribution in [0.2, 0.25) is 0 Å². The Labute approximate surface area is 177 Å². The predicted octanol–water partition coefficient (Wildman–Crippen LogP) is 3.65. The summed E-state index contributed by atoms with van der Waals surface area (Å²) in [6.45, 7) is 8.53. The van der Waals surface area contributed by atoms with Gasteiger partial charge in [0.05, 0.1) is 11.5 Å². The summed E-state index contributed by atoms with van der Waals surface area (Å²) in [5.74, 6) is 0. The van der Waals surface area contributed by atoms with Crippen molar-refractivity contribution in [3.05, 3.63) is 48.5 Å². The van der Waals surface area contributed by atoms with Crippen molar-refractivity contribution in [1.29, 1.82) is 0 Å². The largest absolute Gasteiger partial charge is 0.444 e. The Kier molecular flexibility index (Phi) is 7.69. The van der Waals surface area contributed by atoms with E-state index >= 15 is 0 Å². The Hall–Kier alpha value is -2.78. The molecule has 2 rings (SSSR count). The highest BCUT2D eigenvalue weighted by molar-refractivity contribution is 7.92. The molecule has 0 unspecified atom stereocenters. The second-order valence-corrected chi connectivity index (χ2v) is 9.29. The number of carbonyl (C=O) groups excluding carboxylic acids is 1. The zero-order chi connectivity index (χ0) is 22.4. The average molecular weight is 436 g/mol. The molecular formula is C21H29N3O5S. The highest BCUT2D eigenvalue weighted by Crippen LogP contribution is 2.22. The Morgan fingerprint density at radius 3 is 2.10 bits per heavy atom. The minimum absolute atomic E-state index is 0.0427. The number of aliphatic hydroxyl groups excluding tert-OH is 1. The molecule has 30 heavy (non-hydrogen) atoms. The number of nitrogens with zero attached hydrogens (tertiary/aromatic N) is 1. The summed E-state index contributed by atoms with van der Waals surface area (Å²) in [4.78, 5) is 13.9. The van der Waals surface area contributed by atoms with Crippen LogP contribution in [0.5, 0.6) is 0 Å². The molecule has 2 aromatic carbocycles. The van der Waals surface area contributed by atoms with Crippen molar-refractivity contribution in [3.8, 4) is 0 Å². The third-order valence-electron chi connectivity index (χ3n) is 4.05. The van der Waals surface area contributed by atoms with Gasteiger partial charge in [-0.05, 0) is 76.2 Å². The van der Waals surface area contributed by atoms with Gasteiger partial charge >= 0.3 is 6.09 Å². The second kappa shape index (κ2) is 9.82. The summed E-state index contributed by atoms with van der Waals surface area (Å²) < 4.78 is 33.0. The summed E-state index contributed by atoms with van der Waals surface area (Å²) in [5.41, 5.74) is 1.12. The van der Waals surface area contributed by atoms with Crippen molar-refractivity contribution in [2.24, 2.45) is 0 Å². The van der Waals surface area contributed by atoms with E-state index in [1.165, 1.54) is 24.3 Å². The zero-order valence-electron chi connectivity index (χ0n) is 17.7. The fraction of sp³-hybridized carbons (Fsp3) is 0.381. The van der Waals surface area contributed by atoms with Gasteiger partial charge in [-0.1, -0.05) is 0 Å². The van der Waals surface area contributed by atoms with Gasteiger partial charge in [0.15, 0.2) is 0 Å². The van der Waals surface area contributed by atoms with Crippen LogP contribution in [-0.2, 0) is 14.8 Å². The highest BCUT2D eigenvalue weighted by atomic mass is 32.2. The number of amides is 1. The molecule has 0 saturated heterocycles. The molecule has 0 aromatic heterocycles. The van der Waals surface area contributed by atoms with Gasteiger partial charge < -0.3 is 14.7 Å². The van der Waals surface area contributed by atoms with Crippen molar-refractivity contribution in [2.75, 3.05) is 34.6 Å². The van der Waals surface area contributed by atoms with Crippen LogP contribution in [0, 0.1) is 0 Å². The smallest absolute Gasteiger partial charge is 0.412 e. The number of sulfonamides is 1. The first-order chi connectivity index (χ1) is 14.0. The van der Waals surface area contributed by atoms with Gasteiger partial charge in [0.1, 0.15) is 5.60 Å². The van der Waals surface area contributed by atoms with Crippen molar-refractivity contribution in [3.63, 3.8) is 0 Å². The van der Waals surface area contributed by atoms with E-state index < -0.39 is 21.7 Å². The van der Waals surface area contributed by atoms with Crippen LogP contribution in [0.3, 0.4) is 0 Å². The number of ether oxygens (including phenoxy) is 1. The van der Waals surface area contributed by atoms with E-state index in [2.05, 4.69) is 10.0 Å². The SMILES string of the molecule is CCN(CCO)c1ccc(NS(=O)(=O)c2ccc(NC(=O)OC(C)(C)C)cc2)cc1. The number of nitrogens with one attached hydrogen (secondary N) is 2. The van der Waals surface area contributed by atoms with E-state index in [1.807, 2.05) is 11.8 Å². The van der Waals surface area contributed by atoms with Crippen LogP contribution in [0.1, 0.15) is 27.7 Å². The molecule has 0 aliphatic carbocycles. The molecular weight excluding hydrogens is 406 g/mol. The fourth-order valence-corrected chi connectivity index (χ4v) is 3.74. The molecule has 0 atom stereocenters. The monoisotopic (exact) mass is 435 g/mol. The molecule has 2 aromatic rings. The number of rotatable bonds is 8. The molecule has 9 heteroatoms. The summed E-state index contributed by atoms with van der Waals surface area (Å²) >= 11 is 0. The van der Waals surface area contributed by atoms with E-state index in [0.717, 1.165) is 12.2 Å². The average Bonchev–Trinajstić information content (AvgIpc) is 2.65. The summed E-state index contributed by atoms with van der Waals surface area (Å²) in [7, 11) is -3.78. The Balaban J connectivity index is 2.06. The lowest BCUT2D eigenvalue weighted by molar-refractivity contribution is 0.0636. The lowest BCUT2D eigenvalue weighted by atomic mass is 10.2. The molecule has 8 nitrogen and oxygen atoms in total. The maximum Gasteiger partial charge on any atom is 0.412 e. The minimum atomic E-state index is -3.78. The van der Waals surface area contributed by atoms with Crippen LogP contribution in [0.25, 0.3) is 0 Å². The van der Waals surface area contributed by atoms with Gasteiger partial charge in [0.2, 0.25) is 0 Å². The second-order valence-electron chi connectivity index (χ2n) is 7.61. The summed E-state index contributed by atoms with van der Waals surface area (Å²) in [6.07, 6.45) is -0.612. The number of likely N-dealkylation sites (N-methyl/N-ethyl adjacent to an activating group) is 1. The van der Waals surface area contributed by atoms with Crippen molar-refractivity contribution in [2.45, 2.75) is 38.2 Å². The topological polar surface area (TPSA) is 108 Å². The number of anilines is 3. The Bertz CT molecular complexity index is 936. The molecule has 0 aliphatic rings. The van der Waals surface area contributed by atoms with Crippen LogP contribution >= 0.6 is 0 Å². The van der Waals surface area contributed by atoms with Gasteiger partial charge in [0, 0.05) is 30.2 Å². The van der Waals surface area contributed by atoms with E-state index in [4.69, 9.17) is 9.84 Å². The Morgan fingerprint density at radius 2 is 1.60 bits per heavy atom. The zero-order valence-corrected chi connectivity index (χ0v) is 18.5. The van der Waals surface area contributed by atoms with E-state index in [-0.39, 0.29) is 11.5 Å². The van der Waals surface area contributed by atoms with E-state index in [0.29, 0.717) is 17.9 Å². The maximum absolute atomic E-state index is 12.6. The predicted molar refractivity (Wildman–Crippen MR) is 119 cm³/mol. The van der Waals surface area contributed by atoms with E-state index in [1.54, 1.807) is 45.0 Å². The molecule has 0 heterocycles. The quantitative estimate of drug-likeness (QED) is 0.584. The van der Waals surface area contributed by atoms with Crippen LogP contribution in [0.4, 0.5) is 21.9 Å². The third kappa shape index (κ3) is 6.93. The summed E-state index contributed by atoms with van der Waals surface area (Å²) in [6, 6.07) is 12.7.